The summed E-state index contributed by atoms with van der Waals surface area (Å²) in [7, 11) is 1.93. The van der Waals surface area contributed by atoms with Crippen molar-refractivity contribution in [3.05, 3.63) is 34.3 Å². The Morgan fingerprint density at radius 3 is 2.94 bits per heavy atom. The molecule has 1 heterocycles. The van der Waals surface area contributed by atoms with Crippen LogP contribution < -0.4 is 16.8 Å². The topological polar surface area (TPSA) is 84.0 Å². The van der Waals surface area contributed by atoms with Crippen LogP contribution in [0.25, 0.3) is 11.1 Å². The van der Waals surface area contributed by atoms with E-state index in [1.165, 1.54) is 0 Å². The van der Waals surface area contributed by atoms with Crippen molar-refractivity contribution in [1.82, 2.24) is 10.3 Å². The number of nitrogens with one attached hydrogen (secondary N) is 2. The largest absolute Gasteiger partial charge is 0.417 e. The molecular weight excluding hydrogens is 230 g/mol. The van der Waals surface area contributed by atoms with Gasteiger partial charge in [0.15, 0.2) is 5.58 Å². The maximum atomic E-state index is 11.1. The van der Waals surface area contributed by atoms with E-state index in [-0.39, 0.29) is 6.04 Å². The maximum absolute atomic E-state index is 11.1. The lowest BCUT2D eigenvalue weighted by atomic mass is 9.92. The highest BCUT2D eigenvalue weighted by molar-refractivity contribution is 5.72. The molecule has 0 amide bonds. The standard InChI is InChI=1S/C13H19N3O2/c1-8(5-6-14)12(15-2)9-3-4-10-11(7-9)18-13(17)16-10/h3-4,7-8,12,15H,5-6,14H2,1-2H3,(H,16,17). The lowest BCUT2D eigenvalue weighted by molar-refractivity contribution is 0.391. The summed E-state index contributed by atoms with van der Waals surface area (Å²) in [4.78, 5) is 13.8. The molecule has 0 aliphatic heterocycles. The summed E-state index contributed by atoms with van der Waals surface area (Å²) >= 11 is 0. The third kappa shape index (κ3) is 2.47. The zero-order valence-electron chi connectivity index (χ0n) is 10.7. The highest BCUT2D eigenvalue weighted by Crippen LogP contribution is 2.26. The van der Waals surface area contributed by atoms with Crippen LogP contribution in [-0.4, -0.2) is 18.6 Å². The molecule has 1 aromatic carbocycles. The van der Waals surface area contributed by atoms with E-state index in [0.717, 1.165) is 17.5 Å². The summed E-state index contributed by atoms with van der Waals surface area (Å²) in [6.07, 6.45) is 0.945. The van der Waals surface area contributed by atoms with E-state index in [2.05, 4.69) is 17.2 Å². The summed E-state index contributed by atoms with van der Waals surface area (Å²) in [5, 5.41) is 3.29. The van der Waals surface area contributed by atoms with Crippen LogP contribution in [0.4, 0.5) is 0 Å². The number of fused-ring (bicyclic) bond motifs is 1. The van der Waals surface area contributed by atoms with Crippen LogP contribution in [0.1, 0.15) is 24.9 Å². The number of nitrogens with two attached hydrogens (primary N) is 1. The number of H-pyrrole nitrogens is 1. The molecule has 18 heavy (non-hydrogen) atoms. The number of rotatable bonds is 5. The fourth-order valence-electron chi connectivity index (χ4n) is 2.36. The first-order chi connectivity index (χ1) is 8.65. The second kappa shape index (κ2) is 5.37. The summed E-state index contributed by atoms with van der Waals surface area (Å²) in [6, 6.07) is 5.98. The Morgan fingerprint density at radius 2 is 2.28 bits per heavy atom. The Morgan fingerprint density at radius 1 is 1.50 bits per heavy atom. The molecule has 5 heteroatoms. The van der Waals surface area contributed by atoms with Crippen molar-refractivity contribution in [2.45, 2.75) is 19.4 Å². The first-order valence-electron chi connectivity index (χ1n) is 6.15. The average Bonchev–Trinajstić information content (AvgIpc) is 2.69. The minimum Gasteiger partial charge on any atom is -0.408 e. The van der Waals surface area contributed by atoms with E-state index in [1.54, 1.807) is 0 Å². The van der Waals surface area contributed by atoms with Crippen molar-refractivity contribution in [3.63, 3.8) is 0 Å². The Bertz CT molecular complexity index is 573. The van der Waals surface area contributed by atoms with E-state index in [4.69, 9.17) is 10.2 Å². The van der Waals surface area contributed by atoms with E-state index < -0.39 is 5.76 Å². The molecule has 0 bridgehead atoms. The lowest BCUT2D eigenvalue weighted by Crippen LogP contribution is -2.25. The molecule has 1 aromatic heterocycles. The van der Waals surface area contributed by atoms with Gasteiger partial charge in [-0.25, -0.2) is 4.79 Å². The Hall–Kier alpha value is -1.59. The molecule has 0 aliphatic carbocycles. The van der Waals surface area contributed by atoms with Crippen molar-refractivity contribution in [1.29, 1.82) is 0 Å². The van der Waals surface area contributed by atoms with Crippen molar-refractivity contribution in [3.8, 4) is 0 Å². The molecule has 4 N–H and O–H groups in total. The van der Waals surface area contributed by atoms with Crippen molar-refractivity contribution < 1.29 is 4.42 Å². The normalized spacial score (nSPS) is 14.8. The van der Waals surface area contributed by atoms with Crippen molar-refractivity contribution in [2.75, 3.05) is 13.6 Å². The predicted octanol–water partition coefficient (Wildman–Crippen LogP) is 1.37. The van der Waals surface area contributed by atoms with Gasteiger partial charge in [-0.05, 0) is 43.6 Å². The molecule has 2 unspecified atom stereocenters. The monoisotopic (exact) mass is 249 g/mol. The fourth-order valence-corrected chi connectivity index (χ4v) is 2.36. The van der Waals surface area contributed by atoms with Gasteiger partial charge in [-0.1, -0.05) is 13.0 Å². The molecular formula is C13H19N3O2. The Kier molecular flexibility index (Phi) is 3.84. The third-order valence-corrected chi connectivity index (χ3v) is 3.31. The molecule has 0 saturated heterocycles. The van der Waals surface area contributed by atoms with Crippen LogP contribution in [0.5, 0.6) is 0 Å². The van der Waals surface area contributed by atoms with Crippen LogP contribution in [0, 0.1) is 5.92 Å². The molecule has 0 spiro atoms. The van der Waals surface area contributed by atoms with E-state index in [1.807, 2.05) is 25.2 Å². The summed E-state index contributed by atoms with van der Waals surface area (Å²) < 4.78 is 5.08. The maximum Gasteiger partial charge on any atom is 0.417 e. The van der Waals surface area contributed by atoms with Gasteiger partial charge in [0.05, 0.1) is 5.52 Å². The molecule has 2 atom stereocenters. The number of aromatic nitrogens is 1. The molecule has 0 saturated carbocycles. The predicted molar refractivity (Wildman–Crippen MR) is 71.5 cm³/mol. The zero-order chi connectivity index (χ0) is 13.1. The van der Waals surface area contributed by atoms with Gasteiger partial charge < -0.3 is 15.5 Å². The highest BCUT2D eigenvalue weighted by atomic mass is 16.4. The molecule has 5 nitrogen and oxygen atoms in total. The Balaban J connectivity index is 2.35. The lowest BCUT2D eigenvalue weighted by Gasteiger charge is -2.23. The van der Waals surface area contributed by atoms with Gasteiger partial charge >= 0.3 is 5.76 Å². The molecule has 0 aliphatic rings. The van der Waals surface area contributed by atoms with Crippen molar-refractivity contribution in [2.24, 2.45) is 11.7 Å². The van der Waals surface area contributed by atoms with Crippen molar-refractivity contribution >= 4 is 11.1 Å². The molecule has 98 valence electrons. The second-order valence-electron chi connectivity index (χ2n) is 4.59. The SMILES string of the molecule is CNC(c1ccc2[nH]c(=O)oc2c1)C(C)CCN. The van der Waals surface area contributed by atoms with Crippen LogP contribution in [0.3, 0.4) is 0 Å². The van der Waals surface area contributed by atoms with Crippen LogP contribution in [0.2, 0.25) is 0 Å². The van der Waals surface area contributed by atoms with Gasteiger partial charge in [-0.15, -0.1) is 0 Å². The number of hydrogen-bond donors (Lipinski definition) is 3. The molecule has 2 rings (SSSR count). The number of aromatic amines is 1. The molecule has 0 fully saturated rings. The van der Waals surface area contributed by atoms with Gasteiger partial charge in [-0.2, -0.15) is 0 Å². The second-order valence-corrected chi connectivity index (χ2v) is 4.59. The number of benzene rings is 1. The van der Waals surface area contributed by atoms with Gasteiger partial charge in [0.1, 0.15) is 0 Å². The van der Waals surface area contributed by atoms with Gasteiger partial charge in [0.25, 0.3) is 0 Å². The average molecular weight is 249 g/mol. The summed E-state index contributed by atoms with van der Waals surface area (Å²) in [5.74, 6) is 0.00118. The van der Waals surface area contributed by atoms with Gasteiger partial charge in [0.2, 0.25) is 0 Å². The number of oxazole rings is 1. The summed E-state index contributed by atoms with van der Waals surface area (Å²) in [5.41, 5.74) is 8.03. The first-order valence-corrected chi connectivity index (χ1v) is 6.15. The van der Waals surface area contributed by atoms with E-state index in [9.17, 15) is 4.79 Å². The van der Waals surface area contributed by atoms with E-state index >= 15 is 0 Å². The minimum atomic E-state index is -0.418. The molecule has 0 radical (unpaired) electrons. The summed E-state index contributed by atoms with van der Waals surface area (Å²) in [6.45, 7) is 2.83. The van der Waals surface area contributed by atoms with Gasteiger partial charge in [-0.3, -0.25) is 4.98 Å². The van der Waals surface area contributed by atoms with Crippen LogP contribution in [-0.2, 0) is 0 Å². The fraction of sp³-hybridized carbons (Fsp3) is 0.462. The molecule has 2 aromatic rings. The quantitative estimate of drug-likeness (QED) is 0.747. The van der Waals surface area contributed by atoms with Crippen LogP contribution in [0.15, 0.2) is 27.4 Å². The highest BCUT2D eigenvalue weighted by Gasteiger charge is 2.17. The first kappa shape index (κ1) is 12.9. The Labute approximate surface area is 105 Å². The smallest absolute Gasteiger partial charge is 0.408 e. The van der Waals surface area contributed by atoms with Gasteiger partial charge in [0, 0.05) is 6.04 Å². The minimum absolute atomic E-state index is 0.207. The third-order valence-electron chi connectivity index (χ3n) is 3.31. The number of hydrogen-bond acceptors (Lipinski definition) is 4. The van der Waals surface area contributed by atoms with E-state index in [0.29, 0.717) is 18.0 Å². The zero-order valence-corrected chi connectivity index (χ0v) is 10.7. The van der Waals surface area contributed by atoms with Crippen LogP contribution >= 0.6 is 0 Å².